The van der Waals surface area contributed by atoms with Gasteiger partial charge in [0.1, 0.15) is 22.3 Å². The van der Waals surface area contributed by atoms with Crippen LogP contribution >= 0.6 is 11.3 Å². The fourth-order valence-corrected chi connectivity index (χ4v) is 4.56. The number of benzene rings is 1. The summed E-state index contributed by atoms with van der Waals surface area (Å²) in [5.74, 6) is 2.59. The highest BCUT2D eigenvalue weighted by Gasteiger charge is 2.15. The molecular formula is C23H27N3O2S. The van der Waals surface area contributed by atoms with Crippen molar-refractivity contribution in [2.75, 3.05) is 32.2 Å². The summed E-state index contributed by atoms with van der Waals surface area (Å²) in [5.41, 5.74) is 2.99. The average molecular weight is 410 g/mol. The summed E-state index contributed by atoms with van der Waals surface area (Å²) >= 11 is 1.65. The van der Waals surface area contributed by atoms with Gasteiger partial charge in [-0.05, 0) is 37.1 Å². The normalized spacial score (nSPS) is 14.9. The van der Waals surface area contributed by atoms with Crippen molar-refractivity contribution in [1.82, 2.24) is 9.97 Å². The number of ether oxygens (including phenoxy) is 2. The number of thiazole rings is 1. The summed E-state index contributed by atoms with van der Waals surface area (Å²) in [6, 6.07) is 10.0. The van der Waals surface area contributed by atoms with Gasteiger partial charge >= 0.3 is 0 Å². The molecule has 1 fully saturated rings. The van der Waals surface area contributed by atoms with E-state index in [0.29, 0.717) is 0 Å². The van der Waals surface area contributed by atoms with Crippen molar-refractivity contribution < 1.29 is 9.47 Å². The lowest BCUT2D eigenvalue weighted by molar-refractivity contribution is 0.395. The molecule has 4 rings (SSSR count). The maximum atomic E-state index is 5.55. The Kier molecular flexibility index (Phi) is 6.30. The van der Waals surface area contributed by atoms with Crippen LogP contribution in [0.25, 0.3) is 21.8 Å². The van der Waals surface area contributed by atoms with Gasteiger partial charge in [0.15, 0.2) is 0 Å². The number of anilines is 1. The summed E-state index contributed by atoms with van der Waals surface area (Å²) in [4.78, 5) is 11.9. The van der Waals surface area contributed by atoms with Crippen LogP contribution in [0, 0.1) is 0 Å². The molecule has 0 amide bonds. The Bertz CT molecular complexity index is 949. The second-order valence-corrected chi connectivity index (χ2v) is 8.12. The SMILES string of the molecule is COc1ccc(-c2csc(-c3ccnc(N4CCCCCCC4)c3)n2)c(OC)c1. The van der Waals surface area contributed by atoms with Crippen molar-refractivity contribution in [2.45, 2.75) is 32.1 Å². The maximum Gasteiger partial charge on any atom is 0.131 e. The smallest absolute Gasteiger partial charge is 0.131 e. The van der Waals surface area contributed by atoms with Crippen LogP contribution < -0.4 is 14.4 Å². The Morgan fingerprint density at radius 1 is 0.931 bits per heavy atom. The minimum Gasteiger partial charge on any atom is -0.497 e. The molecule has 3 aromatic rings. The van der Waals surface area contributed by atoms with Gasteiger partial charge in [-0.15, -0.1) is 11.3 Å². The molecule has 1 aliphatic rings. The molecule has 0 unspecified atom stereocenters. The molecule has 1 saturated heterocycles. The summed E-state index contributed by atoms with van der Waals surface area (Å²) in [6.07, 6.45) is 8.37. The first-order valence-corrected chi connectivity index (χ1v) is 11.1. The van der Waals surface area contributed by atoms with E-state index < -0.39 is 0 Å². The second kappa shape index (κ2) is 9.27. The predicted octanol–water partition coefficient (Wildman–Crippen LogP) is 5.66. The molecule has 0 saturated carbocycles. The highest BCUT2D eigenvalue weighted by Crippen LogP contribution is 2.36. The lowest BCUT2D eigenvalue weighted by atomic mass is 10.1. The third-order valence-electron chi connectivity index (χ3n) is 5.36. The number of nitrogens with zero attached hydrogens (tertiary/aromatic N) is 3. The molecule has 1 aliphatic heterocycles. The van der Waals surface area contributed by atoms with E-state index in [0.717, 1.165) is 52.2 Å². The van der Waals surface area contributed by atoms with Crippen molar-refractivity contribution in [3.63, 3.8) is 0 Å². The van der Waals surface area contributed by atoms with Gasteiger partial charge in [-0.25, -0.2) is 9.97 Å². The van der Waals surface area contributed by atoms with Crippen LogP contribution in [0.1, 0.15) is 32.1 Å². The largest absolute Gasteiger partial charge is 0.497 e. The molecule has 5 nitrogen and oxygen atoms in total. The van der Waals surface area contributed by atoms with E-state index in [1.54, 1.807) is 25.6 Å². The van der Waals surface area contributed by atoms with Crippen LogP contribution in [0.5, 0.6) is 11.5 Å². The molecule has 0 radical (unpaired) electrons. The highest BCUT2D eigenvalue weighted by atomic mass is 32.1. The Morgan fingerprint density at radius 2 is 1.72 bits per heavy atom. The van der Waals surface area contributed by atoms with E-state index in [1.165, 1.54) is 32.1 Å². The number of rotatable bonds is 5. The van der Waals surface area contributed by atoms with Gasteiger partial charge in [0, 0.05) is 41.9 Å². The molecule has 1 aromatic carbocycles. The molecular weight excluding hydrogens is 382 g/mol. The molecule has 2 aromatic heterocycles. The number of aromatic nitrogens is 2. The monoisotopic (exact) mass is 409 g/mol. The topological polar surface area (TPSA) is 47.5 Å². The van der Waals surface area contributed by atoms with Crippen molar-refractivity contribution in [2.24, 2.45) is 0 Å². The molecule has 0 bridgehead atoms. The van der Waals surface area contributed by atoms with Gasteiger partial charge < -0.3 is 14.4 Å². The van der Waals surface area contributed by atoms with E-state index in [4.69, 9.17) is 14.5 Å². The quantitative estimate of drug-likeness (QED) is 0.544. The predicted molar refractivity (Wildman–Crippen MR) is 119 cm³/mol. The lowest BCUT2D eigenvalue weighted by Crippen LogP contribution is -2.27. The minimum atomic E-state index is 0.761. The molecule has 6 heteroatoms. The van der Waals surface area contributed by atoms with E-state index in [9.17, 15) is 0 Å². The fraction of sp³-hybridized carbons (Fsp3) is 0.391. The first-order chi connectivity index (χ1) is 14.3. The maximum absolute atomic E-state index is 5.55. The van der Waals surface area contributed by atoms with Crippen molar-refractivity contribution in [3.8, 4) is 33.3 Å². The molecule has 29 heavy (non-hydrogen) atoms. The first kappa shape index (κ1) is 19.7. The van der Waals surface area contributed by atoms with Crippen LogP contribution in [-0.2, 0) is 0 Å². The van der Waals surface area contributed by atoms with Gasteiger partial charge in [-0.2, -0.15) is 0 Å². The molecule has 152 valence electrons. The second-order valence-electron chi connectivity index (χ2n) is 7.26. The van der Waals surface area contributed by atoms with E-state index in [-0.39, 0.29) is 0 Å². The van der Waals surface area contributed by atoms with Crippen LogP contribution in [0.2, 0.25) is 0 Å². The summed E-state index contributed by atoms with van der Waals surface area (Å²) in [6.45, 7) is 2.17. The number of hydrogen-bond donors (Lipinski definition) is 0. The van der Waals surface area contributed by atoms with Gasteiger partial charge in [0.2, 0.25) is 0 Å². The van der Waals surface area contributed by atoms with Crippen LogP contribution in [-0.4, -0.2) is 37.3 Å². The molecule has 0 spiro atoms. The van der Waals surface area contributed by atoms with Crippen LogP contribution in [0.3, 0.4) is 0 Å². The van der Waals surface area contributed by atoms with Gasteiger partial charge in [0.05, 0.1) is 19.9 Å². The van der Waals surface area contributed by atoms with Crippen LogP contribution in [0.15, 0.2) is 41.9 Å². The minimum absolute atomic E-state index is 0.761. The van der Waals surface area contributed by atoms with E-state index >= 15 is 0 Å². The van der Waals surface area contributed by atoms with Crippen molar-refractivity contribution in [1.29, 1.82) is 0 Å². The van der Waals surface area contributed by atoms with Crippen LogP contribution in [0.4, 0.5) is 5.82 Å². The average Bonchev–Trinajstić information content (AvgIpc) is 3.23. The van der Waals surface area contributed by atoms with Crippen molar-refractivity contribution in [3.05, 3.63) is 41.9 Å². The Labute approximate surface area is 176 Å². The third-order valence-corrected chi connectivity index (χ3v) is 6.25. The molecule has 0 N–H and O–H groups in total. The van der Waals surface area contributed by atoms with Crippen molar-refractivity contribution >= 4 is 17.2 Å². The summed E-state index contributed by atoms with van der Waals surface area (Å²) in [7, 11) is 3.33. The Morgan fingerprint density at radius 3 is 2.48 bits per heavy atom. The zero-order chi connectivity index (χ0) is 20.1. The molecule has 0 aliphatic carbocycles. The lowest BCUT2D eigenvalue weighted by Gasteiger charge is -2.26. The Hall–Kier alpha value is -2.60. The zero-order valence-electron chi connectivity index (χ0n) is 17.1. The molecule has 3 heterocycles. The van der Waals surface area contributed by atoms with E-state index in [2.05, 4.69) is 21.3 Å². The fourth-order valence-electron chi connectivity index (χ4n) is 3.74. The first-order valence-electron chi connectivity index (χ1n) is 10.2. The molecule has 0 atom stereocenters. The third kappa shape index (κ3) is 4.53. The summed E-state index contributed by atoms with van der Waals surface area (Å²) < 4.78 is 10.8. The van der Waals surface area contributed by atoms with E-state index in [1.807, 2.05) is 30.5 Å². The number of hydrogen-bond acceptors (Lipinski definition) is 6. The van der Waals surface area contributed by atoms with Gasteiger partial charge in [0.25, 0.3) is 0 Å². The van der Waals surface area contributed by atoms with Gasteiger partial charge in [-0.3, -0.25) is 0 Å². The highest BCUT2D eigenvalue weighted by molar-refractivity contribution is 7.13. The van der Waals surface area contributed by atoms with Gasteiger partial charge in [-0.1, -0.05) is 19.3 Å². The zero-order valence-corrected chi connectivity index (χ0v) is 17.9. The number of methoxy groups -OCH3 is 2. The Balaban J connectivity index is 1.60. The standard InChI is InChI=1S/C23H27N3O2S/c1-27-18-8-9-19(21(15-18)28-2)20-16-29-23(25-20)17-10-11-24-22(14-17)26-12-6-4-3-5-7-13-26/h8-11,14-16H,3-7,12-13H2,1-2H3. The summed E-state index contributed by atoms with van der Waals surface area (Å²) in [5, 5.41) is 3.07. The number of pyridine rings is 1.